The zero-order chi connectivity index (χ0) is 12.8. The summed E-state index contributed by atoms with van der Waals surface area (Å²) >= 11 is 0. The molecule has 1 unspecified atom stereocenters. The SMILES string of the molecule is CCCOCC(NN)c1cncc2ccccc12. The number of ether oxygens (including phenoxy) is 1. The molecule has 2 rings (SSSR count). The van der Waals surface area contributed by atoms with E-state index in [1.807, 2.05) is 30.6 Å². The van der Waals surface area contributed by atoms with Crippen molar-refractivity contribution < 1.29 is 4.74 Å². The van der Waals surface area contributed by atoms with E-state index in [1.54, 1.807) is 0 Å². The first-order chi connectivity index (χ1) is 8.86. The summed E-state index contributed by atoms with van der Waals surface area (Å²) in [5.74, 6) is 5.62. The van der Waals surface area contributed by atoms with E-state index >= 15 is 0 Å². The molecular formula is C14H19N3O. The third-order valence-electron chi connectivity index (χ3n) is 2.91. The van der Waals surface area contributed by atoms with E-state index in [1.165, 1.54) is 0 Å². The predicted octanol–water partition coefficient (Wildman–Crippen LogP) is 2.17. The molecule has 0 aliphatic heterocycles. The number of hydrogen-bond donors (Lipinski definition) is 2. The monoisotopic (exact) mass is 245 g/mol. The number of nitrogens with zero attached hydrogens (tertiary/aromatic N) is 1. The maximum Gasteiger partial charge on any atom is 0.0714 e. The van der Waals surface area contributed by atoms with Crippen LogP contribution in [0.5, 0.6) is 0 Å². The number of fused-ring (bicyclic) bond motifs is 1. The molecule has 0 saturated heterocycles. The third kappa shape index (κ3) is 2.85. The largest absolute Gasteiger partial charge is 0.379 e. The smallest absolute Gasteiger partial charge is 0.0714 e. The molecule has 0 spiro atoms. The van der Waals surface area contributed by atoms with Crippen molar-refractivity contribution >= 4 is 10.8 Å². The molecule has 18 heavy (non-hydrogen) atoms. The molecule has 0 amide bonds. The summed E-state index contributed by atoms with van der Waals surface area (Å²) in [4.78, 5) is 4.26. The average Bonchev–Trinajstić information content (AvgIpc) is 2.43. The predicted molar refractivity (Wildman–Crippen MR) is 72.9 cm³/mol. The van der Waals surface area contributed by atoms with Crippen molar-refractivity contribution in [1.82, 2.24) is 10.4 Å². The molecule has 0 fully saturated rings. The molecule has 3 N–H and O–H groups in total. The first-order valence-corrected chi connectivity index (χ1v) is 6.23. The average molecular weight is 245 g/mol. The van der Waals surface area contributed by atoms with Crippen LogP contribution in [0.1, 0.15) is 24.9 Å². The Morgan fingerprint density at radius 1 is 1.33 bits per heavy atom. The fourth-order valence-corrected chi connectivity index (χ4v) is 1.99. The second kappa shape index (κ2) is 6.44. The van der Waals surface area contributed by atoms with Crippen LogP contribution in [0.4, 0.5) is 0 Å². The van der Waals surface area contributed by atoms with Crippen LogP contribution in [0.2, 0.25) is 0 Å². The van der Waals surface area contributed by atoms with Gasteiger partial charge in [-0.05, 0) is 17.4 Å². The Balaban J connectivity index is 2.27. The minimum Gasteiger partial charge on any atom is -0.379 e. The van der Waals surface area contributed by atoms with Gasteiger partial charge >= 0.3 is 0 Å². The Bertz CT molecular complexity index is 496. The molecule has 0 aliphatic rings. The highest BCUT2D eigenvalue weighted by molar-refractivity contribution is 5.85. The van der Waals surface area contributed by atoms with Crippen molar-refractivity contribution in [2.45, 2.75) is 19.4 Å². The lowest BCUT2D eigenvalue weighted by Gasteiger charge is -2.17. The van der Waals surface area contributed by atoms with Gasteiger partial charge in [-0.25, -0.2) is 0 Å². The molecule has 0 bridgehead atoms. The second-order valence-corrected chi connectivity index (χ2v) is 4.24. The number of hydrogen-bond acceptors (Lipinski definition) is 4. The molecular weight excluding hydrogens is 226 g/mol. The summed E-state index contributed by atoms with van der Waals surface area (Å²) < 4.78 is 5.57. The molecule has 1 aromatic heterocycles. The molecule has 4 nitrogen and oxygen atoms in total. The number of aromatic nitrogens is 1. The number of benzene rings is 1. The van der Waals surface area contributed by atoms with E-state index in [9.17, 15) is 0 Å². The molecule has 0 radical (unpaired) electrons. The van der Waals surface area contributed by atoms with E-state index in [2.05, 4.69) is 23.4 Å². The zero-order valence-electron chi connectivity index (χ0n) is 10.6. The van der Waals surface area contributed by atoms with Gasteiger partial charge in [0, 0.05) is 24.4 Å². The molecule has 96 valence electrons. The lowest BCUT2D eigenvalue weighted by atomic mass is 10.0. The maximum absolute atomic E-state index is 5.62. The molecule has 0 saturated carbocycles. The van der Waals surface area contributed by atoms with Crippen LogP contribution in [0.3, 0.4) is 0 Å². The summed E-state index contributed by atoms with van der Waals surface area (Å²) in [6.07, 6.45) is 4.71. The first kappa shape index (κ1) is 13.0. The van der Waals surface area contributed by atoms with Gasteiger partial charge in [-0.3, -0.25) is 16.3 Å². The van der Waals surface area contributed by atoms with Crippen LogP contribution in [-0.2, 0) is 4.74 Å². The molecule has 1 heterocycles. The topological polar surface area (TPSA) is 60.2 Å². The third-order valence-corrected chi connectivity index (χ3v) is 2.91. The summed E-state index contributed by atoms with van der Waals surface area (Å²) in [6.45, 7) is 3.39. The zero-order valence-corrected chi connectivity index (χ0v) is 10.6. The first-order valence-electron chi connectivity index (χ1n) is 6.23. The molecule has 1 aromatic carbocycles. The van der Waals surface area contributed by atoms with Gasteiger partial charge in [-0.2, -0.15) is 0 Å². The summed E-state index contributed by atoms with van der Waals surface area (Å²) in [7, 11) is 0. The summed E-state index contributed by atoms with van der Waals surface area (Å²) in [6, 6.07) is 8.12. The van der Waals surface area contributed by atoms with Gasteiger partial charge in [0.1, 0.15) is 0 Å². The number of nitrogens with two attached hydrogens (primary N) is 1. The van der Waals surface area contributed by atoms with Crippen molar-refractivity contribution in [3.8, 4) is 0 Å². The maximum atomic E-state index is 5.62. The summed E-state index contributed by atoms with van der Waals surface area (Å²) in [5.41, 5.74) is 3.88. The molecule has 2 aromatic rings. The molecule has 4 heteroatoms. The van der Waals surface area contributed by atoms with Gasteiger partial charge in [0.15, 0.2) is 0 Å². The van der Waals surface area contributed by atoms with Gasteiger partial charge in [0.05, 0.1) is 12.6 Å². The Morgan fingerprint density at radius 2 is 2.17 bits per heavy atom. The number of hydrazine groups is 1. The minimum atomic E-state index is -0.0323. The van der Waals surface area contributed by atoms with Crippen molar-refractivity contribution in [3.05, 3.63) is 42.2 Å². The van der Waals surface area contributed by atoms with Crippen LogP contribution in [-0.4, -0.2) is 18.2 Å². The highest BCUT2D eigenvalue weighted by Gasteiger charge is 2.13. The standard InChI is InChI=1S/C14H19N3O/c1-2-7-18-10-14(17-15)13-9-16-8-11-5-3-4-6-12(11)13/h3-6,8-9,14,17H,2,7,10,15H2,1H3. The number of pyridine rings is 1. The van der Waals surface area contributed by atoms with Crippen molar-refractivity contribution in [3.63, 3.8) is 0 Å². The van der Waals surface area contributed by atoms with Crippen molar-refractivity contribution in [2.75, 3.05) is 13.2 Å². The van der Waals surface area contributed by atoms with Gasteiger partial charge in [0.2, 0.25) is 0 Å². The fraction of sp³-hybridized carbons (Fsp3) is 0.357. The number of nitrogens with one attached hydrogen (secondary N) is 1. The quantitative estimate of drug-likeness (QED) is 0.465. The lowest BCUT2D eigenvalue weighted by molar-refractivity contribution is 0.112. The van der Waals surface area contributed by atoms with E-state index in [-0.39, 0.29) is 6.04 Å². The van der Waals surface area contributed by atoms with Gasteiger partial charge < -0.3 is 4.74 Å². The molecule has 1 atom stereocenters. The summed E-state index contributed by atoms with van der Waals surface area (Å²) in [5, 5.41) is 2.28. The van der Waals surface area contributed by atoms with E-state index in [4.69, 9.17) is 10.6 Å². The van der Waals surface area contributed by atoms with E-state index in [0.717, 1.165) is 29.4 Å². The van der Waals surface area contributed by atoms with Crippen LogP contribution >= 0.6 is 0 Å². The fourth-order valence-electron chi connectivity index (χ4n) is 1.99. The van der Waals surface area contributed by atoms with Crippen LogP contribution in [0, 0.1) is 0 Å². The Morgan fingerprint density at radius 3 is 2.94 bits per heavy atom. The highest BCUT2D eigenvalue weighted by Crippen LogP contribution is 2.22. The Labute approximate surface area is 107 Å². The van der Waals surface area contributed by atoms with E-state index in [0.29, 0.717) is 6.61 Å². The highest BCUT2D eigenvalue weighted by atomic mass is 16.5. The van der Waals surface area contributed by atoms with Crippen LogP contribution in [0.25, 0.3) is 10.8 Å². The lowest BCUT2D eigenvalue weighted by Crippen LogP contribution is -2.31. The van der Waals surface area contributed by atoms with E-state index < -0.39 is 0 Å². The minimum absolute atomic E-state index is 0.0323. The van der Waals surface area contributed by atoms with Crippen LogP contribution in [0.15, 0.2) is 36.7 Å². The van der Waals surface area contributed by atoms with Crippen molar-refractivity contribution in [1.29, 1.82) is 0 Å². The normalized spacial score (nSPS) is 12.8. The van der Waals surface area contributed by atoms with Gasteiger partial charge in [-0.1, -0.05) is 31.2 Å². The second-order valence-electron chi connectivity index (χ2n) is 4.24. The van der Waals surface area contributed by atoms with Crippen molar-refractivity contribution in [2.24, 2.45) is 5.84 Å². The van der Waals surface area contributed by atoms with Gasteiger partial charge in [0.25, 0.3) is 0 Å². The molecule has 0 aliphatic carbocycles. The Kier molecular flexibility index (Phi) is 4.64. The van der Waals surface area contributed by atoms with Crippen LogP contribution < -0.4 is 11.3 Å². The Hall–Kier alpha value is -1.49. The van der Waals surface area contributed by atoms with Gasteiger partial charge in [-0.15, -0.1) is 0 Å². The number of rotatable bonds is 6.